The van der Waals surface area contributed by atoms with Crippen LogP contribution in [-0.2, 0) is 0 Å². The van der Waals surface area contributed by atoms with Gasteiger partial charge in [0.05, 0.1) is 6.20 Å². The van der Waals surface area contributed by atoms with Crippen molar-refractivity contribution in [3.8, 4) is 11.1 Å². The summed E-state index contributed by atoms with van der Waals surface area (Å²) in [6, 6.07) is 14.2. The first kappa shape index (κ1) is 16.9. The van der Waals surface area contributed by atoms with Crippen LogP contribution in [0.3, 0.4) is 0 Å². The zero-order valence-electron chi connectivity index (χ0n) is 14.0. The molecule has 1 aromatic carbocycles. The molecule has 5 nitrogen and oxygen atoms in total. The molecule has 6 heteroatoms. The van der Waals surface area contributed by atoms with E-state index in [9.17, 15) is 0 Å². The summed E-state index contributed by atoms with van der Waals surface area (Å²) in [6.07, 6.45) is 5.38. The second-order valence-corrected chi connectivity index (χ2v) is 5.80. The van der Waals surface area contributed by atoms with Gasteiger partial charge in [0.2, 0.25) is 0 Å². The van der Waals surface area contributed by atoms with Gasteiger partial charge in [-0.2, -0.15) is 9.61 Å². The Hall–Kier alpha value is -2.92. The molecule has 0 unspecified atom stereocenters. The summed E-state index contributed by atoms with van der Waals surface area (Å²) in [6.45, 7) is 4.07. The van der Waals surface area contributed by atoms with E-state index in [1.54, 1.807) is 12.4 Å². The lowest BCUT2D eigenvalue weighted by atomic mass is 10.1. The highest BCUT2D eigenvalue weighted by Crippen LogP contribution is 2.27. The fourth-order valence-corrected chi connectivity index (χ4v) is 2.69. The predicted molar refractivity (Wildman–Crippen MR) is 103 cm³/mol. The SMILES string of the molecule is Cc1ccc(-c2cnn3c(Nc4ccncc4)cc(C)nc23)cc1.Cl. The molecule has 1 N–H and O–H groups in total. The van der Waals surface area contributed by atoms with Gasteiger partial charge >= 0.3 is 0 Å². The number of anilines is 2. The van der Waals surface area contributed by atoms with Crippen LogP contribution in [0, 0.1) is 13.8 Å². The Balaban J connectivity index is 0.00000182. The Labute approximate surface area is 152 Å². The van der Waals surface area contributed by atoms with E-state index in [4.69, 9.17) is 0 Å². The van der Waals surface area contributed by atoms with Crippen LogP contribution in [0.5, 0.6) is 0 Å². The van der Waals surface area contributed by atoms with Gasteiger partial charge in [-0.15, -0.1) is 12.4 Å². The molecule has 0 fully saturated rings. The van der Waals surface area contributed by atoms with E-state index in [2.05, 4.69) is 51.6 Å². The topological polar surface area (TPSA) is 55.1 Å². The third-order valence-corrected chi connectivity index (χ3v) is 3.92. The highest BCUT2D eigenvalue weighted by atomic mass is 35.5. The number of nitrogens with zero attached hydrogens (tertiary/aromatic N) is 4. The molecule has 0 atom stereocenters. The van der Waals surface area contributed by atoms with Crippen molar-refractivity contribution in [3.05, 3.63) is 72.3 Å². The highest BCUT2D eigenvalue weighted by Gasteiger charge is 2.12. The minimum Gasteiger partial charge on any atom is -0.340 e. The first-order valence-corrected chi connectivity index (χ1v) is 7.80. The van der Waals surface area contributed by atoms with Crippen molar-refractivity contribution < 1.29 is 0 Å². The van der Waals surface area contributed by atoms with E-state index in [1.807, 2.05) is 35.8 Å². The number of benzene rings is 1. The molecule has 3 heterocycles. The van der Waals surface area contributed by atoms with Gasteiger partial charge < -0.3 is 5.32 Å². The van der Waals surface area contributed by atoms with Crippen LogP contribution in [-0.4, -0.2) is 19.6 Å². The average molecular weight is 352 g/mol. The van der Waals surface area contributed by atoms with Crippen LogP contribution in [0.2, 0.25) is 0 Å². The van der Waals surface area contributed by atoms with Crippen molar-refractivity contribution in [3.63, 3.8) is 0 Å². The van der Waals surface area contributed by atoms with E-state index >= 15 is 0 Å². The van der Waals surface area contributed by atoms with Crippen molar-refractivity contribution in [2.45, 2.75) is 13.8 Å². The van der Waals surface area contributed by atoms with Crippen molar-refractivity contribution in [2.24, 2.45) is 0 Å². The summed E-state index contributed by atoms with van der Waals surface area (Å²) in [4.78, 5) is 8.73. The van der Waals surface area contributed by atoms with Crippen molar-refractivity contribution in [1.29, 1.82) is 0 Å². The minimum atomic E-state index is 0. The summed E-state index contributed by atoms with van der Waals surface area (Å²) in [5, 5.41) is 7.91. The quantitative estimate of drug-likeness (QED) is 0.587. The van der Waals surface area contributed by atoms with E-state index < -0.39 is 0 Å². The first-order valence-electron chi connectivity index (χ1n) is 7.80. The molecule has 0 saturated carbocycles. The Morgan fingerprint density at radius 1 is 0.960 bits per heavy atom. The van der Waals surface area contributed by atoms with Crippen LogP contribution in [0.15, 0.2) is 61.1 Å². The van der Waals surface area contributed by atoms with Crippen molar-refractivity contribution in [2.75, 3.05) is 5.32 Å². The second-order valence-electron chi connectivity index (χ2n) is 5.80. The van der Waals surface area contributed by atoms with Crippen LogP contribution >= 0.6 is 12.4 Å². The van der Waals surface area contributed by atoms with Crippen molar-refractivity contribution >= 4 is 29.6 Å². The number of rotatable bonds is 3. The molecule has 0 amide bonds. The number of fused-ring (bicyclic) bond motifs is 1. The molecular formula is C19H18ClN5. The lowest BCUT2D eigenvalue weighted by Gasteiger charge is -2.09. The zero-order valence-corrected chi connectivity index (χ0v) is 14.8. The lowest BCUT2D eigenvalue weighted by Crippen LogP contribution is -2.02. The number of halogens is 1. The number of hydrogen-bond donors (Lipinski definition) is 1. The third kappa shape index (κ3) is 3.32. The summed E-state index contributed by atoms with van der Waals surface area (Å²) >= 11 is 0. The maximum Gasteiger partial charge on any atom is 0.165 e. The molecule has 0 spiro atoms. The molecule has 0 bridgehead atoms. The zero-order chi connectivity index (χ0) is 16.5. The standard InChI is InChI=1S/C19H17N5.ClH/c1-13-3-5-15(6-4-13)17-12-21-24-18(11-14(2)22-19(17)24)23-16-7-9-20-10-8-16;/h3-12H,1-2H3,(H,20,23);1H. The second kappa shape index (κ2) is 6.91. The highest BCUT2D eigenvalue weighted by molar-refractivity contribution is 5.85. The first-order chi connectivity index (χ1) is 11.7. The largest absolute Gasteiger partial charge is 0.340 e. The predicted octanol–water partition coefficient (Wildman–Crippen LogP) is 4.57. The van der Waals surface area contributed by atoms with Gasteiger partial charge in [-0.3, -0.25) is 4.98 Å². The summed E-state index contributed by atoms with van der Waals surface area (Å²) in [5.41, 5.74) is 6.12. The number of nitrogens with one attached hydrogen (secondary N) is 1. The average Bonchev–Trinajstić information content (AvgIpc) is 3.00. The molecule has 0 aliphatic heterocycles. The molecule has 126 valence electrons. The monoisotopic (exact) mass is 351 g/mol. The molecule has 0 aliphatic rings. The van der Waals surface area contributed by atoms with Gasteiger partial charge in [0.25, 0.3) is 0 Å². The molecule has 0 saturated heterocycles. The molecule has 0 radical (unpaired) electrons. The van der Waals surface area contributed by atoms with Gasteiger partial charge in [-0.1, -0.05) is 29.8 Å². The van der Waals surface area contributed by atoms with E-state index in [1.165, 1.54) is 5.56 Å². The van der Waals surface area contributed by atoms with Crippen LogP contribution in [0.4, 0.5) is 11.5 Å². The fraction of sp³-hybridized carbons (Fsp3) is 0.105. The van der Waals surface area contributed by atoms with Gasteiger partial charge in [-0.05, 0) is 31.5 Å². The molecule has 4 rings (SSSR count). The fourth-order valence-electron chi connectivity index (χ4n) is 2.69. The number of aryl methyl sites for hydroxylation is 2. The smallest absolute Gasteiger partial charge is 0.165 e. The van der Waals surface area contributed by atoms with E-state index in [0.717, 1.165) is 34.0 Å². The van der Waals surface area contributed by atoms with E-state index in [0.29, 0.717) is 0 Å². The van der Waals surface area contributed by atoms with Gasteiger partial charge in [-0.25, -0.2) is 4.98 Å². The summed E-state index contributed by atoms with van der Waals surface area (Å²) in [5.74, 6) is 0.877. The molecular weight excluding hydrogens is 334 g/mol. The van der Waals surface area contributed by atoms with Crippen LogP contribution in [0.25, 0.3) is 16.8 Å². The number of pyridine rings is 1. The summed E-state index contributed by atoms with van der Waals surface area (Å²) in [7, 11) is 0. The normalized spacial score (nSPS) is 10.5. The summed E-state index contributed by atoms with van der Waals surface area (Å²) < 4.78 is 1.84. The van der Waals surface area contributed by atoms with Crippen LogP contribution < -0.4 is 5.32 Å². The molecule has 3 aromatic heterocycles. The maximum absolute atomic E-state index is 4.68. The van der Waals surface area contributed by atoms with Gasteiger partial charge in [0.1, 0.15) is 5.82 Å². The molecule has 25 heavy (non-hydrogen) atoms. The Bertz CT molecular complexity index is 994. The Morgan fingerprint density at radius 3 is 2.40 bits per heavy atom. The van der Waals surface area contributed by atoms with Crippen LogP contribution in [0.1, 0.15) is 11.3 Å². The Kier molecular flexibility index (Phi) is 4.67. The van der Waals surface area contributed by atoms with Gasteiger partial charge in [0, 0.05) is 35.4 Å². The number of hydrogen-bond acceptors (Lipinski definition) is 4. The maximum atomic E-state index is 4.68. The van der Waals surface area contributed by atoms with E-state index in [-0.39, 0.29) is 12.4 Å². The third-order valence-electron chi connectivity index (χ3n) is 3.92. The molecule has 4 aromatic rings. The lowest BCUT2D eigenvalue weighted by molar-refractivity contribution is 0.937. The minimum absolute atomic E-state index is 0. The number of aromatic nitrogens is 4. The Morgan fingerprint density at radius 2 is 1.68 bits per heavy atom. The molecule has 0 aliphatic carbocycles. The van der Waals surface area contributed by atoms with Crippen molar-refractivity contribution in [1.82, 2.24) is 19.6 Å². The van der Waals surface area contributed by atoms with Gasteiger partial charge in [0.15, 0.2) is 5.65 Å².